The predicted molar refractivity (Wildman–Crippen MR) is 146 cm³/mol. The van der Waals surface area contributed by atoms with E-state index in [9.17, 15) is 18.0 Å². The van der Waals surface area contributed by atoms with Gasteiger partial charge in [-0.1, -0.05) is 6.07 Å². The highest BCUT2D eigenvalue weighted by Crippen LogP contribution is 2.37. The number of rotatable bonds is 8. The zero-order valence-corrected chi connectivity index (χ0v) is 22.4. The molecule has 0 fully saturated rings. The van der Waals surface area contributed by atoms with E-state index in [0.29, 0.717) is 45.0 Å². The number of anilines is 2. The van der Waals surface area contributed by atoms with Gasteiger partial charge in [0.1, 0.15) is 23.1 Å². The van der Waals surface area contributed by atoms with Crippen LogP contribution in [0.15, 0.2) is 48.7 Å². The van der Waals surface area contributed by atoms with E-state index in [1.165, 1.54) is 18.1 Å². The number of methoxy groups -OCH3 is 1. The molecule has 0 saturated heterocycles. The molecule has 0 aliphatic carbocycles. The summed E-state index contributed by atoms with van der Waals surface area (Å²) in [6, 6.07) is 9.74. The molecule has 210 valence electrons. The van der Waals surface area contributed by atoms with E-state index in [0.717, 1.165) is 12.1 Å². The quantitative estimate of drug-likeness (QED) is 0.264. The molecule has 9 nitrogen and oxygen atoms in total. The number of likely N-dealkylation sites (N-methyl/N-ethyl adjacent to an activating group) is 1. The second-order valence-corrected chi connectivity index (χ2v) is 9.32. The number of hydrogen-bond acceptors (Lipinski definition) is 8. The molecule has 0 aliphatic heterocycles. The number of aliphatic hydroxyl groups is 1. The minimum absolute atomic E-state index is 0.00575. The summed E-state index contributed by atoms with van der Waals surface area (Å²) in [6.07, 6.45) is -2.99. The lowest BCUT2D eigenvalue weighted by atomic mass is 10.0. The van der Waals surface area contributed by atoms with Crippen LogP contribution in [0.5, 0.6) is 5.75 Å². The van der Waals surface area contributed by atoms with Gasteiger partial charge in [0, 0.05) is 48.1 Å². The van der Waals surface area contributed by atoms with Gasteiger partial charge in [0.2, 0.25) is 0 Å². The first-order valence-electron chi connectivity index (χ1n) is 12.3. The molecule has 40 heavy (non-hydrogen) atoms. The summed E-state index contributed by atoms with van der Waals surface area (Å²) in [5.74, 6) is 1.05. The van der Waals surface area contributed by atoms with Gasteiger partial charge in [-0.25, -0.2) is 9.97 Å². The molecule has 4 rings (SSSR count). The van der Waals surface area contributed by atoms with Gasteiger partial charge in [0.05, 0.1) is 30.8 Å². The molecular weight excluding hydrogens is 525 g/mol. The Morgan fingerprint density at radius 1 is 1.18 bits per heavy atom. The fraction of sp³-hybridized carbons (Fsp3) is 0.286. The van der Waals surface area contributed by atoms with E-state index in [1.54, 1.807) is 51.4 Å². The number of hydrogen-bond donors (Lipinski definition) is 3. The summed E-state index contributed by atoms with van der Waals surface area (Å²) in [5, 5.41) is 12.9. The number of halogens is 3. The van der Waals surface area contributed by atoms with Crippen molar-refractivity contribution < 1.29 is 27.8 Å². The second-order valence-electron chi connectivity index (χ2n) is 9.32. The van der Waals surface area contributed by atoms with Gasteiger partial charge < -0.3 is 25.8 Å². The molecule has 1 amide bonds. The molecule has 0 saturated carbocycles. The van der Waals surface area contributed by atoms with E-state index in [1.807, 2.05) is 0 Å². The maximum Gasteiger partial charge on any atom is 0.416 e. The number of ether oxygens (including phenoxy) is 1. The molecule has 0 aliphatic rings. The number of nitrogens with one attached hydrogen (secondary N) is 1. The van der Waals surface area contributed by atoms with Gasteiger partial charge >= 0.3 is 6.18 Å². The van der Waals surface area contributed by atoms with Crippen molar-refractivity contribution in [1.29, 1.82) is 0 Å². The average Bonchev–Trinajstić information content (AvgIpc) is 2.91. The van der Waals surface area contributed by atoms with Gasteiger partial charge in [-0.2, -0.15) is 13.2 Å². The number of carbonyl (C=O) groups excluding carboxylic acids is 1. The molecule has 0 spiro atoms. The molecule has 12 heteroatoms. The molecular formula is C28H29F3N6O3. The van der Waals surface area contributed by atoms with E-state index in [-0.39, 0.29) is 30.4 Å². The zero-order chi connectivity index (χ0) is 29.2. The van der Waals surface area contributed by atoms with Crippen molar-refractivity contribution in [2.24, 2.45) is 0 Å². The molecule has 4 aromatic rings. The van der Waals surface area contributed by atoms with Gasteiger partial charge in [0.25, 0.3) is 5.91 Å². The van der Waals surface area contributed by atoms with Crippen LogP contribution in [-0.2, 0) is 6.18 Å². The van der Waals surface area contributed by atoms with Crippen LogP contribution < -0.4 is 15.8 Å². The van der Waals surface area contributed by atoms with Crippen LogP contribution in [0.25, 0.3) is 22.0 Å². The third-order valence-electron chi connectivity index (χ3n) is 6.36. The number of aliphatic hydroxyl groups excluding tert-OH is 1. The number of nitrogens with zero attached hydrogens (tertiary/aromatic N) is 4. The van der Waals surface area contributed by atoms with Crippen LogP contribution >= 0.6 is 0 Å². The summed E-state index contributed by atoms with van der Waals surface area (Å²) in [6.45, 7) is 3.45. The van der Waals surface area contributed by atoms with E-state index < -0.39 is 17.8 Å². The van der Waals surface area contributed by atoms with Crippen LogP contribution in [0.1, 0.15) is 40.4 Å². The van der Waals surface area contributed by atoms with Gasteiger partial charge in [-0.3, -0.25) is 9.78 Å². The van der Waals surface area contributed by atoms with E-state index >= 15 is 0 Å². The Balaban J connectivity index is 1.74. The Kier molecular flexibility index (Phi) is 8.10. The maximum absolute atomic E-state index is 13.4. The number of amides is 1. The van der Waals surface area contributed by atoms with Crippen molar-refractivity contribution in [2.75, 3.05) is 38.4 Å². The lowest BCUT2D eigenvalue weighted by Gasteiger charge is -2.20. The number of nitrogen functional groups attached to an aromatic ring is 1. The molecule has 2 aromatic carbocycles. The molecule has 1 atom stereocenters. The largest absolute Gasteiger partial charge is 0.496 e. The normalized spacial score (nSPS) is 12.3. The van der Waals surface area contributed by atoms with Crippen LogP contribution in [0, 0.1) is 6.92 Å². The molecule has 0 bridgehead atoms. The van der Waals surface area contributed by atoms with Crippen molar-refractivity contribution in [3.8, 4) is 16.9 Å². The highest BCUT2D eigenvalue weighted by atomic mass is 19.4. The number of fused-ring (bicyclic) bond motifs is 1. The SMILES string of the molecule is COc1cc2nc(C)nc(N[C@@H](C)c3cc(N)cc(C(F)(F)F)c3)c2cc1-c1ccc(C(=O)N(C)CCO)nc1. The lowest BCUT2D eigenvalue weighted by Crippen LogP contribution is -2.30. The van der Waals surface area contributed by atoms with E-state index in [4.69, 9.17) is 15.6 Å². The minimum atomic E-state index is -4.53. The first-order chi connectivity index (χ1) is 18.9. The van der Waals surface area contributed by atoms with Crippen molar-refractivity contribution in [1.82, 2.24) is 19.9 Å². The zero-order valence-electron chi connectivity index (χ0n) is 22.4. The standard InChI is InChI=1S/C28H29F3N6O3/c1-15(18-9-19(28(29,30)31)11-20(32)10-18)34-26-22-12-21(25(40-4)13-24(22)35-16(2)36-26)17-5-6-23(33-14-17)27(39)37(3)7-8-38/h5-6,9-15,38H,7-8,32H2,1-4H3,(H,34,35,36)/t15-/m0/s1. The van der Waals surface area contributed by atoms with Gasteiger partial charge in [-0.05, 0) is 49.7 Å². The molecule has 0 unspecified atom stereocenters. The minimum Gasteiger partial charge on any atom is -0.496 e. The van der Waals surface area contributed by atoms with Crippen LogP contribution in [0.2, 0.25) is 0 Å². The predicted octanol–water partition coefficient (Wildman–Crippen LogP) is 4.85. The summed E-state index contributed by atoms with van der Waals surface area (Å²) < 4.78 is 45.7. The highest BCUT2D eigenvalue weighted by Gasteiger charge is 2.31. The highest BCUT2D eigenvalue weighted by molar-refractivity contribution is 5.96. The Bertz CT molecular complexity index is 1540. The third-order valence-corrected chi connectivity index (χ3v) is 6.36. The number of carbonyl (C=O) groups is 1. The summed E-state index contributed by atoms with van der Waals surface area (Å²) in [7, 11) is 3.10. The van der Waals surface area contributed by atoms with Crippen LogP contribution in [0.3, 0.4) is 0 Å². The smallest absolute Gasteiger partial charge is 0.416 e. The van der Waals surface area contributed by atoms with Gasteiger partial charge in [-0.15, -0.1) is 0 Å². The lowest BCUT2D eigenvalue weighted by molar-refractivity contribution is -0.137. The fourth-order valence-corrected chi connectivity index (χ4v) is 4.28. The Morgan fingerprint density at radius 3 is 2.55 bits per heavy atom. The number of alkyl halides is 3. The van der Waals surface area contributed by atoms with Crippen LogP contribution in [-0.4, -0.2) is 58.2 Å². The number of benzene rings is 2. The van der Waals surface area contributed by atoms with Crippen molar-refractivity contribution in [2.45, 2.75) is 26.1 Å². The van der Waals surface area contributed by atoms with Crippen molar-refractivity contribution in [3.05, 3.63) is 71.3 Å². The summed E-state index contributed by atoms with van der Waals surface area (Å²) >= 11 is 0. The van der Waals surface area contributed by atoms with Gasteiger partial charge in [0.15, 0.2) is 0 Å². The number of nitrogens with two attached hydrogens (primary N) is 1. The topological polar surface area (TPSA) is 126 Å². The Hall–Kier alpha value is -4.45. The monoisotopic (exact) mass is 554 g/mol. The fourth-order valence-electron chi connectivity index (χ4n) is 4.28. The average molecular weight is 555 g/mol. The van der Waals surface area contributed by atoms with E-state index in [2.05, 4.69) is 20.3 Å². The molecule has 2 heterocycles. The number of pyridine rings is 1. The Morgan fingerprint density at radius 2 is 1.93 bits per heavy atom. The van der Waals surface area contributed by atoms with Crippen LogP contribution in [0.4, 0.5) is 24.7 Å². The first-order valence-corrected chi connectivity index (χ1v) is 12.3. The maximum atomic E-state index is 13.4. The summed E-state index contributed by atoms with van der Waals surface area (Å²) in [5.41, 5.74) is 7.39. The Labute approximate surface area is 228 Å². The molecule has 0 radical (unpaired) electrons. The van der Waals surface area contributed by atoms with Crippen molar-refractivity contribution >= 4 is 28.3 Å². The van der Waals surface area contributed by atoms with Crippen molar-refractivity contribution in [3.63, 3.8) is 0 Å². The second kappa shape index (κ2) is 11.3. The number of aryl methyl sites for hydroxylation is 1. The summed E-state index contributed by atoms with van der Waals surface area (Å²) in [4.78, 5) is 27.2. The molecule has 2 aromatic heterocycles. The number of aromatic nitrogens is 3. The molecule has 4 N–H and O–H groups in total. The third kappa shape index (κ3) is 6.07. The first kappa shape index (κ1) is 28.6.